The third kappa shape index (κ3) is 1.85. The Morgan fingerprint density at radius 3 is 2.33 bits per heavy atom. The number of hydrogen-bond acceptors (Lipinski definition) is 2. The van der Waals surface area contributed by atoms with Gasteiger partial charge in [-0.25, -0.2) is 8.99 Å². The third-order valence-corrected chi connectivity index (χ3v) is 3.05. The van der Waals surface area contributed by atoms with Crippen LogP contribution in [0.1, 0.15) is 11.1 Å². The van der Waals surface area contributed by atoms with Crippen LogP contribution in [0, 0.1) is 18.6 Å². The van der Waals surface area contributed by atoms with Gasteiger partial charge in [-0.15, -0.1) is 0 Å². The van der Waals surface area contributed by atoms with Crippen molar-refractivity contribution in [3.05, 3.63) is 29.3 Å². The van der Waals surface area contributed by atoms with E-state index in [1.807, 2.05) is 26.0 Å². The monoisotopic (exact) mass is 183 g/mol. The zero-order valence-electron chi connectivity index (χ0n) is 7.55. The Morgan fingerprint density at radius 2 is 1.92 bits per heavy atom. The quantitative estimate of drug-likeness (QED) is 0.713. The summed E-state index contributed by atoms with van der Waals surface area (Å²) in [5.41, 5.74) is 2.08. The summed E-state index contributed by atoms with van der Waals surface area (Å²) in [6.45, 7) is 3.87. The zero-order chi connectivity index (χ0) is 9.35. The lowest BCUT2D eigenvalue weighted by Crippen LogP contribution is -1.97. The van der Waals surface area contributed by atoms with Crippen molar-refractivity contribution in [2.45, 2.75) is 18.7 Å². The average molecular weight is 183 g/mol. The number of nitrogens with one attached hydrogen (secondary N) is 1. The van der Waals surface area contributed by atoms with Gasteiger partial charge in [0.25, 0.3) is 0 Å². The van der Waals surface area contributed by atoms with E-state index in [2.05, 4.69) is 0 Å². The van der Waals surface area contributed by atoms with Gasteiger partial charge in [-0.3, -0.25) is 0 Å². The molecule has 1 unspecified atom stereocenters. The molecule has 0 fully saturated rings. The Kier molecular flexibility index (Phi) is 2.24. The Bertz CT molecular complexity index is 393. The minimum atomic E-state index is -2.55. The van der Waals surface area contributed by atoms with E-state index in [1.54, 1.807) is 6.07 Å². The molecule has 3 heteroatoms. The van der Waals surface area contributed by atoms with Gasteiger partial charge in [-0.2, -0.15) is 0 Å². The number of aryl methyl sites for hydroxylation is 2. The second kappa shape index (κ2) is 2.90. The van der Waals surface area contributed by atoms with Gasteiger partial charge < -0.3 is 0 Å². The molecular formula is C9H13NOS. The van der Waals surface area contributed by atoms with Crippen molar-refractivity contribution in [1.82, 2.24) is 0 Å². The van der Waals surface area contributed by atoms with E-state index in [-0.39, 0.29) is 0 Å². The van der Waals surface area contributed by atoms with Crippen molar-refractivity contribution in [1.29, 1.82) is 4.78 Å². The normalized spacial score (nSPS) is 15.6. The van der Waals surface area contributed by atoms with Crippen molar-refractivity contribution >= 4 is 9.73 Å². The first kappa shape index (κ1) is 9.26. The van der Waals surface area contributed by atoms with Crippen molar-refractivity contribution in [2.75, 3.05) is 6.26 Å². The van der Waals surface area contributed by atoms with E-state index >= 15 is 0 Å². The molecule has 1 atom stereocenters. The van der Waals surface area contributed by atoms with E-state index in [1.165, 1.54) is 6.26 Å². The Labute approximate surface area is 73.6 Å². The Morgan fingerprint density at radius 1 is 1.33 bits per heavy atom. The molecule has 0 saturated carbocycles. The molecule has 1 N–H and O–H groups in total. The minimum Gasteiger partial charge on any atom is -0.249 e. The van der Waals surface area contributed by atoms with Crippen LogP contribution in [0.5, 0.6) is 0 Å². The molecule has 0 amide bonds. The van der Waals surface area contributed by atoms with Gasteiger partial charge in [0.1, 0.15) is 0 Å². The van der Waals surface area contributed by atoms with Crippen molar-refractivity contribution in [2.24, 2.45) is 0 Å². The molecule has 0 spiro atoms. The molecule has 0 aliphatic carbocycles. The molecule has 1 aromatic carbocycles. The SMILES string of the molecule is Cc1ccc(S(C)(=N)=O)c(C)c1. The number of benzene rings is 1. The third-order valence-electron chi connectivity index (χ3n) is 1.75. The molecule has 0 aliphatic rings. The lowest BCUT2D eigenvalue weighted by Gasteiger charge is -2.05. The fourth-order valence-electron chi connectivity index (χ4n) is 1.24. The van der Waals surface area contributed by atoms with Crippen LogP contribution in [0.25, 0.3) is 0 Å². The number of hydrogen-bond donors (Lipinski definition) is 1. The topological polar surface area (TPSA) is 40.9 Å². The maximum atomic E-state index is 11.4. The highest BCUT2D eigenvalue weighted by molar-refractivity contribution is 7.91. The zero-order valence-corrected chi connectivity index (χ0v) is 8.37. The highest BCUT2D eigenvalue weighted by atomic mass is 32.2. The van der Waals surface area contributed by atoms with E-state index in [0.717, 1.165) is 11.1 Å². The van der Waals surface area contributed by atoms with E-state index in [4.69, 9.17) is 4.78 Å². The van der Waals surface area contributed by atoms with Crippen molar-refractivity contribution < 1.29 is 4.21 Å². The highest BCUT2D eigenvalue weighted by Crippen LogP contribution is 2.16. The fourth-order valence-corrected chi connectivity index (χ4v) is 2.24. The molecule has 1 aromatic rings. The lowest BCUT2D eigenvalue weighted by atomic mass is 10.2. The summed E-state index contributed by atoms with van der Waals surface area (Å²) in [5.74, 6) is 0. The fraction of sp³-hybridized carbons (Fsp3) is 0.333. The lowest BCUT2D eigenvalue weighted by molar-refractivity contribution is 0.678. The van der Waals surface area contributed by atoms with Crippen LogP contribution in [0.15, 0.2) is 23.1 Å². The van der Waals surface area contributed by atoms with Crippen LogP contribution in [-0.4, -0.2) is 10.5 Å². The molecule has 0 saturated heterocycles. The van der Waals surface area contributed by atoms with Gasteiger partial charge in [-0.05, 0) is 25.5 Å². The predicted molar refractivity (Wildman–Crippen MR) is 51.0 cm³/mol. The van der Waals surface area contributed by atoms with Crippen LogP contribution >= 0.6 is 0 Å². The molecule has 0 aliphatic heterocycles. The van der Waals surface area contributed by atoms with Gasteiger partial charge >= 0.3 is 0 Å². The van der Waals surface area contributed by atoms with Gasteiger partial charge in [0.05, 0.1) is 9.73 Å². The van der Waals surface area contributed by atoms with Crippen molar-refractivity contribution in [3.8, 4) is 0 Å². The maximum Gasteiger partial charge on any atom is 0.0699 e. The highest BCUT2D eigenvalue weighted by Gasteiger charge is 2.05. The summed E-state index contributed by atoms with van der Waals surface area (Å²) in [5, 5.41) is 0. The summed E-state index contributed by atoms with van der Waals surface area (Å²) in [7, 11) is -2.55. The summed E-state index contributed by atoms with van der Waals surface area (Å²) >= 11 is 0. The standard InChI is InChI=1S/C9H13NOS/c1-7-4-5-9(8(2)6-7)12(3,10)11/h4-6,10H,1-3H3. The van der Waals surface area contributed by atoms with Gasteiger partial charge in [0.15, 0.2) is 0 Å². The molecule has 1 rings (SSSR count). The second-order valence-corrected chi connectivity index (χ2v) is 5.24. The second-order valence-electron chi connectivity index (χ2n) is 3.11. The molecule has 0 aromatic heterocycles. The minimum absolute atomic E-state index is 0.646. The largest absolute Gasteiger partial charge is 0.249 e. The molecule has 0 bridgehead atoms. The first-order valence-corrected chi connectivity index (χ1v) is 5.69. The Hall–Kier alpha value is -0.830. The Balaban J connectivity index is 3.39. The molecule has 12 heavy (non-hydrogen) atoms. The molecule has 0 radical (unpaired) electrons. The van der Waals surface area contributed by atoms with E-state index in [0.29, 0.717) is 4.90 Å². The van der Waals surface area contributed by atoms with Gasteiger partial charge in [0, 0.05) is 11.2 Å². The molecule has 2 nitrogen and oxygen atoms in total. The summed E-state index contributed by atoms with van der Waals surface area (Å²) < 4.78 is 18.8. The van der Waals surface area contributed by atoms with E-state index < -0.39 is 9.73 Å². The first-order valence-electron chi connectivity index (χ1n) is 3.72. The average Bonchev–Trinajstić information content (AvgIpc) is 1.83. The maximum absolute atomic E-state index is 11.4. The first-order chi connectivity index (χ1) is 5.41. The van der Waals surface area contributed by atoms with Gasteiger partial charge in [0.2, 0.25) is 0 Å². The van der Waals surface area contributed by atoms with Crippen LogP contribution in [0.4, 0.5) is 0 Å². The summed E-state index contributed by atoms with van der Waals surface area (Å²) in [6.07, 6.45) is 1.45. The van der Waals surface area contributed by atoms with Crippen LogP contribution in [0.3, 0.4) is 0 Å². The van der Waals surface area contributed by atoms with Crippen LogP contribution in [-0.2, 0) is 9.73 Å². The number of rotatable bonds is 1. The van der Waals surface area contributed by atoms with E-state index in [9.17, 15) is 4.21 Å². The van der Waals surface area contributed by atoms with Gasteiger partial charge in [-0.1, -0.05) is 17.7 Å². The molecular weight excluding hydrogens is 170 g/mol. The van der Waals surface area contributed by atoms with Crippen LogP contribution in [0.2, 0.25) is 0 Å². The summed E-state index contributed by atoms with van der Waals surface area (Å²) in [4.78, 5) is 0.646. The smallest absolute Gasteiger partial charge is 0.0699 e. The summed E-state index contributed by atoms with van der Waals surface area (Å²) in [6, 6.07) is 5.62. The molecule has 0 heterocycles. The predicted octanol–water partition coefficient (Wildman–Crippen LogP) is 2.34. The molecule has 66 valence electrons. The van der Waals surface area contributed by atoms with Crippen molar-refractivity contribution in [3.63, 3.8) is 0 Å². The van der Waals surface area contributed by atoms with Crippen LogP contribution < -0.4 is 0 Å².